The Morgan fingerprint density at radius 3 is 2.61 bits per heavy atom. The Morgan fingerprint density at radius 1 is 1.14 bits per heavy atom. The molecule has 1 aromatic heterocycles. The molecule has 2 radical (unpaired) electrons. The van der Waals surface area contributed by atoms with Crippen LogP contribution in [0.2, 0.25) is 0 Å². The van der Waals surface area contributed by atoms with Crippen molar-refractivity contribution < 1.29 is 19.1 Å². The van der Waals surface area contributed by atoms with Gasteiger partial charge >= 0.3 is 225 Å². The first kappa shape index (κ1) is 28.2. The van der Waals surface area contributed by atoms with Crippen LogP contribution in [0.4, 0.5) is 4.79 Å². The predicted molar refractivity (Wildman–Crippen MR) is 146 cm³/mol. The Kier molecular flexibility index (Phi) is 9.93. The molecule has 1 atom stereocenters. The molecule has 0 bridgehead atoms. The van der Waals surface area contributed by atoms with Crippen LogP contribution in [0.15, 0.2) is 35.5 Å². The first-order valence-electron chi connectivity index (χ1n) is 12.6. The molecule has 1 amide bonds. The van der Waals surface area contributed by atoms with Crippen LogP contribution in [-0.4, -0.2) is 60.5 Å². The summed E-state index contributed by atoms with van der Waals surface area (Å²) in [5.41, 5.74) is 2.36. The summed E-state index contributed by atoms with van der Waals surface area (Å²) in [7, 11) is 1.68. The number of nitrogens with zero attached hydrogens (tertiary/aromatic N) is 2. The van der Waals surface area contributed by atoms with Gasteiger partial charge < -0.3 is 0 Å². The number of hydrogen-bond acceptors (Lipinski definition) is 6. The van der Waals surface area contributed by atoms with Crippen molar-refractivity contribution in [2.45, 2.75) is 84.8 Å². The van der Waals surface area contributed by atoms with E-state index in [9.17, 15) is 9.59 Å². The van der Waals surface area contributed by atoms with E-state index < -0.39 is 32.8 Å². The number of unbranched alkanes of at least 4 members (excludes halogenated alkanes) is 2. The molecule has 0 aliphatic carbocycles. The van der Waals surface area contributed by atoms with E-state index in [1.54, 1.807) is 7.11 Å². The average Bonchev–Trinajstić information content (AvgIpc) is 3.30. The van der Waals surface area contributed by atoms with Crippen LogP contribution >= 0.6 is 0 Å². The number of aromatic nitrogens is 1. The number of carbonyl (C=O) groups is 2. The van der Waals surface area contributed by atoms with Crippen molar-refractivity contribution in [2.24, 2.45) is 4.99 Å². The van der Waals surface area contributed by atoms with Crippen LogP contribution in [0, 0.1) is 6.92 Å². The molecule has 0 saturated heterocycles. The summed E-state index contributed by atoms with van der Waals surface area (Å²) in [5, 5.41) is 4.14. The molecule has 8 heteroatoms. The first-order chi connectivity index (χ1) is 17.1. The SMILES string of the molecule is CCC(=O)CCCCC[C@H](NC(=O)OC(C)(C)C)[C]1=NC=[C](c2cc3ccc(C)nc3cc2OC)[Sn]1. The molecular weight excluding hydrogens is 561 g/mol. The second-order valence-corrected chi connectivity index (χ2v) is 13.8. The molecule has 7 nitrogen and oxygen atoms in total. The Morgan fingerprint density at radius 2 is 1.92 bits per heavy atom. The number of hydrogen-bond donors (Lipinski definition) is 1. The van der Waals surface area contributed by atoms with Gasteiger partial charge in [-0.1, -0.05) is 0 Å². The zero-order valence-corrected chi connectivity index (χ0v) is 25.1. The molecule has 192 valence electrons. The van der Waals surface area contributed by atoms with Gasteiger partial charge in [0.25, 0.3) is 0 Å². The van der Waals surface area contributed by atoms with Gasteiger partial charge in [-0.2, -0.15) is 0 Å². The Balaban J connectivity index is 1.72. The number of rotatable bonds is 11. The van der Waals surface area contributed by atoms with Gasteiger partial charge in [0.05, 0.1) is 0 Å². The zero-order chi connectivity index (χ0) is 26.3. The molecule has 36 heavy (non-hydrogen) atoms. The number of ether oxygens (including phenoxy) is 2. The van der Waals surface area contributed by atoms with Gasteiger partial charge in [-0.25, -0.2) is 0 Å². The van der Waals surface area contributed by atoms with E-state index in [0.29, 0.717) is 18.6 Å². The molecule has 0 fully saturated rings. The third kappa shape index (κ3) is 8.05. The fourth-order valence-corrected chi connectivity index (χ4v) is 7.62. The third-order valence-electron chi connectivity index (χ3n) is 5.90. The number of amides is 1. The van der Waals surface area contributed by atoms with Crippen molar-refractivity contribution >= 4 is 51.2 Å². The number of fused-ring (bicyclic) bond motifs is 1. The fraction of sp³-hybridized carbons (Fsp3) is 0.500. The van der Waals surface area contributed by atoms with E-state index in [4.69, 9.17) is 14.5 Å². The van der Waals surface area contributed by atoms with Gasteiger partial charge in [-0.15, -0.1) is 0 Å². The van der Waals surface area contributed by atoms with Crippen molar-refractivity contribution in [3.05, 3.63) is 41.7 Å². The summed E-state index contributed by atoms with van der Waals surface area (Å²) in [6.07, 6.45) is 6.25. The van der Waals surface area contributed by atoms with Gasteiger partial charge in [-0.3, -0.25) is 0 Å². The van der Waals surface area contributed by atoms with E-state index in [-0.39, 0.29) is 6.04 Å². The molecule has 1 aromatic carbocycles. The number of nitrogens with one attached hydrogen (secondary N) is 1. The minimum atomic E-state index is -1.28. The van der Waals surface area contributed by atoms with Crippen molar-refractivity contribution in [3.8, 4) is 5.75 Å². The van der Waals surface area contributed by atoms with Crippen molar-refractivity contribution in [1.82, 2.24) is 10.3 Å². The van der Waals surface area contributed by atoms with Crippen LogP contribution in [0.3, 0.4) is 0 Å². The molecule has 2 heterocycles. The Hall–Kier alpha value is -2.42. The quantitative estimate of drug-likeness (QED) is 0.262. The molecule has 3 rings (SSSR count). The molecule has 0 saturated carbocycles. The van der Waals surface area contributed by atoms with E-state index in [0.717, 1.165) is 57.3 Å². The second kappa shape index (κ2) is 12.7. The van der Waals surface area contributed by atoms with E-state index in [1.807, 2.05) is 53.0 Å². The van der Waals surface area contributed by atoms with Gasteiger partial charge in [0.15, 0.2) is 0 Å². The number of alkyl carbamates (subject to hydrolysis) is 1. The third-order valence-corrected chi connectivity index (χ3v) is 9.90. The molecule has 1 aliphatic rings. The topological polar surface area (TPSA) is 89.9 Å². The summed E-state index contributed by atoms with van der Waals surface area (Å²) in [6, 6.07) is 8.05. The normalized spacial score (nSPS) is 14.3. The summed E-state index contributed by atoms with van der Waals surface area (Å²) >= 11 is -1.28. The number of Topliss-reactive ketones (excluding diaryl/α,β-unsaturated/α-hetero) is 1. The van der Waals surface area contributed by atoms with Gasteiger partial charge in [0, 0.05) is 0 Å². The number of methoxy groups -OCH3 is 1. The number of ketones is 1. The van der Waals surface area contributed by atoms with Crippen molar-refractivity contribution in [2.75, 3.05) is 7.11 Å². The number of carbonyl (C=O) groups excluding carboxylic acids is 2. The number of aliphatic imine (C=N–C) groups is 1. The standard InChI is InChI=1S/C28H37N3O4.Sn/c1-7-24(32)12-10-8-9-11-23(31-27(33)35-28(3,4)5)19-29-16-15-22-17-21-14-13-20(2)30-25(21)18-26(22)34-6;/h13-14,16-18,23H,7-12H2,1-6H3,(H,31,33);/t23-;/m0./s1. The first-order valence-corrected chi connectivity index (χ1v) is 15.5. The van der Waals surface area contributed by atoms with Crippen LogP contribution in [0.1, 0.15) is 77.5 Å². The number of aryl methyl sites for hydroxylation is 1. The minimum absolute atomic E-state index is 0.169. The summed E-state index contributed by atoms with van der Waals surface area (Å²) < 4.78 is 13.5. The maximum atomic E-state index is 12.6. The fourth-order valence-electron chi connectivity index (χ4n) is 4.03. The molecule has 1 aliphatic heterocycles. The van der Waals surface area contributed by atoms with E-state index in [2.05, 4.69) is 22.4 Å². The second-order valence-electron chi connectivity index (χ2n) is 10.1. The van der Waals surface area contributed by atoms with E-state index in [1.165, 1.54) is 3.59 Å². The van der Waals surface area contributed by atoms with E-state index >= 15 is 0 Å². The number of benzene rings is 1. The van der Waals surface area contributed by atoms with Crippen molar-refractivity contribution in [3.63, 3.8) is 0 Å². The Bertz CT molecular complexity index is 1170. The van der Waals surface area contributed by atoms with Crippen LogP contribution in [0.25, 0.3) is 14.5 Å². The Labute approximate surface area is 224 Å². The van der Waals surface area contributed by atoms with Gasteiger partial charge in [0.1, 0.15) is 0 Å². The summed E-state index contributed by atoms with van der Waals surface area (Å²) in [6.45, 7) is 9.46. The molecule has 1 N–H and O–H groups in total. The summed E-state index contributed by atoms with van der Waals surface area (Å²) in [4.78, 5) is 33.6. The maximum absolute atomic E-state index is 12.6. The summed E-state index contributed by atoms with van der Waals surface area (Å²) in [5.74, 6) is 1.10. The molecular formula is C28H37N3O4Sn. The monoisotopic (exact) mass is 599 g/mol. The van der Waals surface area contributed by atoms with Crippen LogP contribution in [0.5, 0.6) is 5.75 Å². The zero-order valence-electron chi connectivity index (χ0n) is 22.2. The van der Waals surface area contributed by atoms with Crippen molar-refractivity contribution in [1.29, 1.82) is 0 Å². The van der Waals surface area contributed by atoms with Gasteiger partial charge in [0.2, 0.25) is 0 Å². The average molecular weight is 598 g/mol. The van der Waals surface area contributed by atoms with Crippen LogP contribution < -0.4 is 10.1 Å². The van der Waals surface area contributed by atoms with Gasteiger partial charge in [-0.05, 0) is 0 Å². The molecule has 0 spiro atoms. The van der Waals surface area contributed by atoms with Crippen LogP contribution in [-0.2, 0) is 9.53 Å². The number of pyridine rings is 1. The predicted octanol–water partition coefficient (Wildman–Crippen LogP) is 5.79. The molecule has 0 unspecified atom stereocenters. The molecule has 2 aromatic rings.